The van der Waals surface area contributed by atoms with Crippen LogP contribution in [0.2, 0.25) is 0 Å². The summed E-state index contributed by atoms with van der Waals surface area (Å²) >= 11 is 3.27. The number of halogens is 2. The van der Waals surface area contributed by atoms with E-state index in [9.17, 15) is 9.50 Å². The summed E-state index contributed by atoms with van der Waals surface area (Å²) in [5.41, 5.74) is 0.699. The Morgan fingerprint density at radius 3 is 2.92 bits per heavy atom. The van der Waals surface area contributed by atoms with Crippen molar-refractivity contribution in [2.45, 2.75) is 25.7 Å². The molecule has 140 valence electrons. The van der Waals surface area contributed by atoms with Crippen molar-refractivity contribution < 1.29 is 14.2 Å². The van der Waals surface area contributed by atoms with Crippen LogP contribution in [0.4, 0.5) is 4.39 Å². The molecule has 0 spiro atoms. The minimum Gasteiger partial charge on any atom is -0.396 e. The minimum atomic E-state index is -0.177. The van der Waals surface area contributed by atoms with Crippen molar-refractivity contribution in [1.82, 2.24) is 10.6 Å². The number of guanidine groups is 1. The van der Waals surface area contributed by atoms with Crippen LogP contribution in [0.3, 0.4) is 0 Å². The van der Waals surface area contributed by atoms with E-state index in [0.717, 1.165) is 41.9 Å². The molecule has 0 amide bonds. The molecule has 5 nitrogen and oxygen atoms in total. The van der Waals surface area contributed by atoms with Gasteiger partial charge in [0.1, 0.15) is 5.82 Å². The minimum absolute atomic E-state index is 0.0209. The molecule has 1 atom stereocenters. The van der Waals surface area contributed by atoms with Gasteiger partial charge in [-0.25, -0.2) is 4.39 Å². The Morgan fingerprint density at radius 2 is 2.28 bits per heavy atom. The van der Waals surface area contributed by atoms with Crippen LogP contribution in [0, 0.1) is 11.2 Å². The van der Waals surface area contributed by atoms with E-state index in [1.807, 2.05) is 12.1 Å². The van der Waals surface area contributed by atoms with E-state index in [0.29, 0.717) is 26.1 Å². The summed E-state index contributed by atoms with van der Waals surface area (Å²) in [7, 11) is 1.73. The molecule has 1 fully saturated rings. The molecule has 0 saturated carbocycles. The predicted molar refractivity (Wildman–Crippen MR) is 101 cm³/mol. The van der Waals surface area contributed by atoms with Crippen molar-refractivity contribution in [1.29, 1.82) is 0 Å². The molecule has 0 aromatic heterocycles. The van der Waals surface area contributed by atoms with Crippen LogP contribution < -0.4 is 10.6 Å². The fraction of sp³-hybridized carbons (Fsp3) is 0.611. The molecule has 0 aliphatic carbocycles. The Morgan fingerprint density at radius 1 is 1.44 bits per heavy atom. The summed E-state index contributed by atoms with van der Waals surface area (Å²) in [6, 6.07) is 5.16. The number of aliphatic hydroxyl groups is 1. The third kappa shape index (κ3) is 6.24. The number of nitrogens with zero attached hydrogens (tertiary/aromatic N) is 1. The van der Waals surface area contributed by atoms with Crippen LogP contribution in [0.5, 0.6) is 0 Å². The maximum absolute atomic E-state index is 13.8. The smallest absolute Gasteiger partial charge is 0.190 e. The standard InChI is InChI=1S/C18H27BrFN3O2/c1-21-17(23-12-18(6-9-24)7-10-25-13-18)22-8-2-3-14-4-5-15(19)11-16(14)20/h4-5,11,24H,2-3,6-10,12-13H2,1H3,(H2,21,22,23). The highest BCUT2D eigenvalue weighted by atomic mass is 79.9. The topological polar surface area (TPSA) is 65.9 Å². The summed E-state index contributed by atoms with van der Waals surface area (Å²) in [5.74, 6) is 0.546. The van der Waals surface area contributed by atoms with Crippen molar-refractivity contribution in [3.8, 4) is 0 Å². The molecule has 7 heteroatoms. The molecule has 1 saturated heterocycles. The third-order valence-electron chi connectivity index (χ3n) is 4.61. The molecule has 3 N–H and O–H groups in total. The van der Waals surface area contributed by atoms with Gasteiger partial charge in [0, 0.05) is 43.2 Å². The molecule has 2 rings (SSSR count). The fourth-order valence-electron chi connectivity index (χ4n) is 3.01. The maximum atomic E-state index is 13.8. The van der Waals surface area contributed by atoms with Gasteiger partial charge in [-0.15, -0.1) is 0 Å². The normalized spacial score (nSPS) is 20.7. The largest absolute Gasteiger partial charge is 0.396 e. The van der Waals surface area contributed by atoms with E-state index in [2.05, 4.69) is 31.6 Å². The van der Waals surface area contributed by atoms with Gasteiger partial charge in [-0.2, -0.15) is 0 Å². The molecule has 0 radical (unpaired) electrons. The Labute approximate surface area is 157 Å². The Balaban J connectivity index is 1.73. The van der Waals surface area contributed by atoms with Crippen LogP contribution in [0.15, 0.2) is 27.7 Å². The number of aliphatic hydroxyl groups excluding tert-OH is 1. The summed E-state index contributed by atoms with van der Waals surface area (Å²) in [4.78, 5) is 4.22. The van der Waals surface area contributed by atoms with Crippen LogP contribution in [0.25, 0.3) is 0 Å². The van der Waals surface area contributed by atoms with E-state index >= 15 is 0 Å². The van der Waals surface area contributed by atoms with Gasteiger partial charge in [0.2, 0.25) is 0 Å². The monoisotopic (exact) mass is 415 g/mol. The molecule has 1 heterocycles. The van der Waals surface area contributed by atoms with E-state index in [1.54, 1.807) is 7.05 Å². The zero-order valence-corrected chi connectivity index (χ0v) is 16.2. The Hall–Kier alpha value is -1.18. The van der Waals surface area contributed by atoms with Gasteiger partial charge in [0.15, 0.2) is 5.96 Å². The van der Waals surface area contributed by atoms with Gasteiger partial charge in [-0.3, -0.25) is 4.99 Å². The maximum Gasteiger partial charge on any atom is 0.190 e. The van der Waals surface area contributed by atoms with E-state index in [-0.39, 0.29) is 17.8 Å². The lowest BCUT2D eigenvalue weighted by molar-refractivity contribution is 0.127. The number of nitrogens with one attached hydrogen (secondary N) is 2. The summed E-state index contributed by atoms with van der Waals surface area (Å²) in [6.45, 7) is 3.00. The van der Waals surface area contributed by atoms with Gasteiger partial charge < -0.3 is 20.5 Å². The number of benzene rings is 1. The highest BCUT2D eigenvalue weighted by Gasteiger charge is 2.34. The molecule has 1 aliphatic heterocycles. The first-order valence-corrected chi connectivity index (χ1v) is 9.45. The average Bonchev–Trinajstić information content (AvgIpc) is 3.05. The number of hydrogen-bond donors (Lipinski definition) is 3. The molecular weight excluding hydrogens is 389 g/mol. The zero-order valence-electron chi connectivity index (χ0n) is 14.7. The highest BCUT2D eigenvalue weighted by Crippen LogP contribution is 2.31. The summed E-state index contributed by atoms with van der Waals surface area (Å²) in [6.07, 6.45) is 3.15. The quantitative estimate of drug-likeness (QED) is 0.346. The second-order valence-electron chi connectivity index (χ2n) is 6.47. The number of ether oxygens (including phenoxy) is 1. The molecular formula is C18H27BrFN3O2. The van der Waals surface area contributed by atoms with Gasteiger partial charge in [-0.05, 0) is 43.4 Å². The lowest BCUT2D eigenvalue weighted by Gasteiger charge is -2.27. The summed E-state index contributed by atoms with van der Waals surface area (Å²) in [5, 5.41) is 15.9. The first-order valence-electron chi connectivity index (χ1n) is 8.66. The fourth-order valence-corrected chi connectivity index (χ4v) is 3.35. The van der Waals surface area contributed by atoms with Crippen LogP contribution >= 0.6 is 15.9 Å². The Bertz CT molecular complexity index is 577. The van der Waals surface area contributed by atoms with Crippen molar-refractivity contribution in [2.24, 2.45) is 10.4 Å². The zero-order chi connectivity index (χ0) is 18.1. The van der Waals surface area contributed by atoms with Crippen molar-refractivity contribution in [2.75, 3.05) is 40.0 Å². The molecule has 0 bridgehead atoms. The van der Waals surface area contributed by atoms with Gasteiger partial charge in [0.25, 0.3) is 0 Å². The van der Waals surface area contributed by atoms with E-state index < -0.39 is 0 Å². The first-order chi connectivity index (χ1) is 12.1. The lowest BCUT2D eigenvalue weighted by Crippen LogP contribution is -2.44. The Kier molecular flexibility index (Phi) is 8.12. The summed E-state index contributed by atoms with van der Waals surface area (Å²) < 4.78 is 20.0. The van der Waals surface area contributed by atoms with E-state index in [4.69, 9.17) is 4.74 Å². The second-order valence-corrected chi connectivity index (χ2v) is 7.38. The third-order valence-corrected chi connectivity index (χ3v) is 5.11. The number of aliphatic imine (C=N–C) groups is 1. The van der Waals surface area contributed by atoms with Crippen molar-refractivity contribution in [3.05, 3.63) is 34.1 Å². The lowest BCUT2D eigenvalue weighted by atomic mass is 9.84. The SMILES string of the molecule is CN=C(NCCCc1ccc(Br)cc1F)NCC1(CCO)CCOC1. The molecule has 1 aromatic rings. The van der Waals surface area contributed by atoms with Crippen molar-refractivity contribution in [3.63, 3.8) is 0 Å². The van der Waals surface area contributed by atoms with Gasteiger partial charge >= 0.3 is 0 Å². The molecule has 1 aromatic carbocycles. The molecule has 1 unspecified atom stereocenters. The van der Waals surface area contributed by atoms with Crippen LogP contribution in [-0.4, -0.2) is 51.0 Å². The van der Waals surface area contributed by atoms with Crippen LogP contribution in [-0.2, 0) is 11.2 Å². The second kappa shape index (κ2) is 10.1. The molecule has 1 aliphatic rings. The van der Waals surface area contributed by atoms with E-state index in [1.165, 1.54) is 6.07 Å². The van der Waals surface area contributed by atoms with Gasteiger partial charge in [0.05, 0.1) is 6.61 Å². The highest BCUT2D eigenvalue weighted by molar-refractivity contribution is 9.10. The van der Waals surface area contributed by atoms with Crippen LogP contribution in [0.1, 0.15) is 24.8 Å². The number of aryl methyl sites for hydroxylation is 1. The van der Waals surface area contributed by atoms with Gasteiger partial charge in [-0.1, -0.05) is 22.0 Å². The number of rotatable bonds is 8. The average molecular weight is 416 g/mol. The number of hydrogen-bond acceptors (Lipinski definition) is 3. The molecule has 25 heavy (non-hydrogen) atoms. The first kappa shape index (κ1) is 20.1. The van der Waals surface area contributed by atoms with Crippen molar-refractivity contribution >= 4 is 21.9 Å². The predicted octanol–water partition coefficient (Wildman–Crippen LogP) is 2.47.